The maximum atomic E-state index is 12.2. The van der Waals surface area contributed by atoms with Gasteiger partial charge in [-0.2, -0.15) is 0 Å². The average molecular weight is 266 g/mol. The lowest BCUT2D eigenvalue weighted by atomic mass is 9.79. The summed E-state index contributed by atoms with van der Waals surface area (Å²) in [7, 11) is 0. The van der Waals surface area contributed by atoms with Gasteiger partial charge in [0.2, 0.25) is 5.91 Å². The first-order valence-electron chi connectivity index (χ1n) is 8.20. The van der Waals surface area contributed by atoms with Crippen molar-refractivity contribution in [3.63, 3.8) is 0 Å². The second-order valence-corrected chi connectivity index (χ2v) is 6.77. The Morgan fingerprint density at radius 2 is 1.95 bits per heavy atom. The number of nitrogens with two attached hydrogens (primary N) is 1. The zero-order valence-electron chi connectivity index (χ0n) is 12.4. The summed E-state index contributed by atoms with van der Waals surface area (Å²) in [5.41, 5.74) is 6.09. The number of amides is 1. The minimum atomic E-state index is 0.0511. The average Bonchev–Trinajstić information content (AvgIpc) is 2.90. The molecule has 0 aromatic carbocycles. The van der Waals surface area contributed by atoms with Crippen molar-refractivity contribution in [3.05, 3.63) is 0 Å². The number of hydrogen-bond acceptors (Lipinski definition) is 2. The van der Waals surface area contributed by atoms with Crippen LogP contribution in [0.3, 0.4) is 0 Å². The lowest BCUT2D eigenvalue weighted by molar-refractivity contribution is -0.126. The van der Waals surface area contributed by atoms with E-state index in [1.807, 2.05) is 0 Å². The smallest absolute Gasteiger partial charge is 0.224 e. The standard InChI is InChI=1S/C16H30N2O/c1-12-8-9-15(17)14(11-12)16(19)18-10-4-7-13-5-2-3-6-13/h12-15H,2-11,17H2,1H3,(H,18,19). The minimum Gasteiger partial charge on any atom is -0.356 e. The van der Waals surface area contributed by atoms with E-state index in [0.29, 0.717) is 5.92 Å². The predicted molar refractivity (Wildman–Crippen MR) is 78.7 cm³/mol. The third-order valence-electron chi connectivity index (χ3n) is 5.07. The van der Waals surface area contributed by atoms with Crippen LogP contribution in [0.4, 0.5) is 0 Å². The van der Waals surface area contributed by atoms with Crippen LogP contribution in [-0.4, -0.2) is 18.5 Å². The Kier molecular flexibility index (Phi) is 5.68. The largest absolute Gasteiger partial charge is 0.356 e. The molecule has 3 heteroatoms. The fourth-order valence-electron chi connectivity index (χ4n) is 3.74. The SMILES string of the molecule is CC1CCC(N)C(C(=O)NCCCC2CCCC2)C1. The molecule has 2 rings (SSSR count). The fourth-order valence-corrected chi connectivity index (χ4v) is 3.74. The lowest BCUT2D eigenvalue weighted by Crippen LogP contribution is -2.45. The van der Waals surface area contributed by atoms with E-state index in [2.05, 4.69) is 12.2 Å². The van der Waals surface area contributed by atoms with Gasteiger partial charge in [-0.05, 0) is 43.9 Å². The number of nitrogens with one attached hydrogen (secondary N) is 1. The molecule has 0 aromatic rings. The molecule has 0 heterocycles. The summed E-state index contributed by atoms with van der Waals surface area (Å²) >= 11 is 0. The second kappa shape index (κ2) is 7.28. The number of carbonyl (C=O) groups excluding carboxylic acids is 1. The molecule has 3 nitrogen and oxygen atoms in total. The van der Waals surface area contributed by atoms with Crippen LogP contribution in [-0.2, 0) is 4.79 Å². The van der Waals surface area contributed by atoms with Gasteiger partial charge < -0.3 is 11.1 Å². The van der Waals surface area contributed by atoms with Gasteiger partial charge in [0.15, 0.2) is 0 Å². The molecule has 0 radical (unpaired) electrons. The van der Waals surface area contributed by atoms with Crippen LogP contribution in [0.15, 0.2) is 0 Å². The van der Waals surface area contributed by atoms with Crippen LogP contribution < -0.4 is 11.1 Å². The first-order chi connectivity index (χ1) is 9.16. The van der Waals surface area contributed by atoms with Crippen LogP contribution in [0.2, 0.25) is 0 Å². The molecule has 2 fully saturated rings. The Morgan fingerprint density at radius 1 is 1.21 bits per heavy atom. The predicted octanol–water partition coefficient (Wildman–Crippen LogP) is 2.84. The van der Waals surface area contributed by atoms with Crippen molar-refractivity contribution in [1.29, 1.82) is 0 Å². The summed E-state index contributed by atoms with van der Waals surface area (Å²) in [5, 5.41) is 3.11. The lowest BCUT2D eigenvalue weighted by Gasteiger charge is -2.31. The van der Waals surface area contributed by atoms with Gasteiger partial charge in [0.05, 0.1) is 5.92 Å². The van der Waals surface area contributed by atoms with Crippen molar-refractivity contribution >= 4 is 5.91 Å². The molecule has 0 aliphatic heterocycles. The summed E-state index contributed by atoms with van der Waals surface area (Å²) in [6.07, 6.45) is 11.2. The molecule has 3 N–H and O–H groups in total. The third kappa shape index (κ3) is 4.48. The second-order valence-electron chi connectivity index (χ2n) is 6.77. The third-order valence-corrected chi connectivity index (χ3v) is 5.07. The minimum absolute atomic E-state index is 0.0511. The number of carbonyl (C=O) groups is 1. The normalized spacial score (nSPS) is 32.4. The fraction of sp³-hybridized carbons (Fsp3) is 0.938. The Balaban J connectivity index is 1.62. The monoisotopic (exact) mass is 266 g/mol. The van der Waals surface area contributed by atoms with Crippen molar-refractivity contribution in [3.8, 4) is 0 Å². The van der Waals surface area contributed by atoms with Crippen molar-refractivity contribution in [2.75, 3.05) is 6.54 Å². The quantitative estimate of drug-likeness (QED) is 0.752. The number of hydrogen-bond donors (Lipinski definition) is 2. The zero-order chi connectivity index (χ0) is 13.7. The Labute approximate surface area is 117 Å². The molecule has 0 saturated heterocycles. The van der Waals surface area contributed by atoms with Crippen molar-refractivity contribution in [2.45, 2.75) is 70.8 Å². The van der Waals surface area contributed by atoms with Gasteiger partial charge in [-0.3, -0.25) is 4.79 Å². The number of rotatable bonds is 5. The van der Waals surface area contributed by atoms with Gasteiger partial charge in [0, 0.05) is 12.6 Å². The van der Waals surface area contributed by atoms with Crippen LogP contribution in [0.5, 0.6) is 0 Å². The molecule has 3 unspecified atom stereocenters. The maximum absolute atomic E-state index is 12.2. The molecule has 2 aliphatic carbocycles. The first-order valence-corrected chi connectivity index (χ1v) is 8.20. The molecule has 3 atom stereocenters. The van der Waals surface area contributed by atoms with Gasteiger partial charge >= 0.3 is 0 Å². The highest BCUT2D eigenvalue weighted by Gasteiger charge is 2.31. The highest BCUT2D eigenvalue weighted by Crippen LogP contribution is 2.29. The first kappa shape index (κ1) is 14.8. The summed E-state index contributed by atoms with van der Waals surface area (Å²) in [5.74, 6) is 1.82. The highest BCUT2D eigenvalue weighted by atomic mass is 16.1. The van der Waals surface area contributed by atoms with E-state index in [0.717, 1.165) is 31.7 Å². The highest BCUT2D eigenvalue weighted by molar-refractivity contribution is 5.79. The van der Waals surface area contributed by atoms with E-state index < -0.39 is 0 Å². The molecule has 0 bridgehead atoms. The Morgan fingerprint density at radius 3 is 2.68 bits per heavy atom. The van der Waals surface area contributed by atoms with Gasteiger partial charge in [-0.15, -0.1) is 0 Å². The van der Waals surface area contributed by atoms with E-state index in [4.69, 9.17) is 5.73 Å². The molecule has 110 valence electrons. The van der Waals surface area contributed by atoms with Crippen LogP contribution in [0, 0.1) is 17.8 Å². The molecular formula is C16H30N2O. The van der Waals surface area contributed by atoms with Gasteiger partial charge in [-0.1, -0.05) is 32.6 Å². The molecular weight excluding hydrogens is 236 g/mol. The van der Waals surface area contributed by atoms with Gasteiger partial charge in [0.25, 0.3) is 0 Å². The Hall–Kier alpha value is -0.570. The molecule has 2 aliphatic rings. The molecule has 0 spiro atoms. The van der Waals surface area contributed by atoms with Crippen molar-refractivity contribution in [2.24, 2.45) is 23.5 Å². The van der Waals surface area contributed by atoms with E-state index in [1.54, 1.807) is 0 Å². The van der Waals surface area contributed by atoms with Crippen LogP contribution in [0.1, 0.15) is 64.7 Å². The summed E-state index contributed by atoms with van der Waals surface area (Å²) in [4.78, 5) is 12.2. The molecule has 19 heavy (non-hydrogen) atoms. The summed E-state index contributed by atoms with van der Waals surface area (Å²) in [6, 6.07) is 0.0750. The van der Waals surface area contributed by atoms with E-state index in [9.17, 15) is 4.79 Å². The van der Waals surface area contributed by atoms with Crippen molar-refractivity contribution < 1.29 is 4.79 Å². The molecule has 0 aromatic heterocycles. The molecule has 1 amide bonds. The molecule has 2 saturated carbocycles. The van der Waals surface area contributed by atoms with Gasteiger partial charge in [-0.25, -0.2) is 0 Å². The van der Waals surface area contributed by atoms with Crippen LogP contribution in [0.25, 0.3) is 0 Å². The van der Waals surface area contributed by atoms with E-state index >= 15 is 0 Å². The topological polar surface area (TPSA) is 55.1 Å². The van der Waals surface area contributed by atoms with Crippen LogP contribution >= 0.6 is 0 Å². The van der Waals surface area contributed by atoms with Gasteiger partial charge in [0.1, 0.15) is 0 Å². The summed E-state index contributed by atoms with van der Waals surface area (Å²) in [6.45, 7) is 3.07. The van der Waals surface area contributed by atoms with E-state index in [1.165, 1.54) is 38.5 Å². The summed E-state index contributed by atoms with van der Waals surface area (Å²) < 4.78 is 0. The van der Waals surface area contributed by atoms with Crippen molar-refractivity contribution in [1.82, 2.24) is 5.32 Å². The zero-order valence-corrected chi connectivity index (χ0v) is 12.4. The maximum Gasteiger partial charge on any atom is 0.224 e. The van der Waals surface area contributed by atoms with E-state index in [-0.39, 0.29) is 17.9 Å². The Bertz CT molecular complexity index is 286.